The quantitative estimate of drug-likeness (QED) is 0.739. The summed E-state index contributed by atoms with van der Waals surface area (Å²) in [7, 11) is 0. The van der Waals surface area contributed by atoms with Crippen molar-refractivity contribution in [3.8, 4) is 11.8 Å². The Hall–Kier alpha value is -2.47. The second-order valence-electron chi connectivity index (χ2n) is 5.38. The number of carbonyl (C=O) groups is 1. The zero-order valence-electron chi connectivity index (χ0n) is 13.2. The summed E-state index contributed by atoms with van der Waals surface area (Å²) >= 11 is 0. The van der Waals surface area contributed by atoms with Crippen molar-refractivity contribution in [2.75, 3.05) is 18.5 Å². The van der Waals surface area contributed by atoms with Crippen molar-refractivity contribution < 1.29 is 27.8 Å². The first kappa shape index (κ1) is 19.6. The summed E-state index contributed by atoms with van der Waals surface area (Å²) in [5, 5.41) is 23.6. The Kier molecular flexibility index (Phi) is 6.42. The molecule has 9 heteroatoms. The number of benzene rings is 1. The summed E-state index contributed by atoms with van der Waals surface area (Å²) in [6.45, 7) is 1.83. The third-order valence-corrected chi connectivity index (χ3v) is 3.14. The van der Waals surface area contributed by atoms with E-state index in [-0.39, 0.29) is 23.5 Å². The molecule has 0 aliphatic carbocycles. The number of rotatable bonds is 6. The van der Waals surface area contributed by atoms with Crippen molar-refractivity contribution in [3.05, 3.63) is 23.8 Å². The maximum Gasteiger partial charge on any atom is 0.422 e. The predicted molar refractivity (Wildman–Crippen MR) is 80.6 cm³/mol. The zero-order valence-corrected chi connectivity index (χ0v) is 13.2. The summed E-state index contributed by atoms with van der Waals surface area (Å²) in [6, 6.07) is 4.77. The van der Waals surface area contributed by atoms with Gasteiger partial charge in [0.2, 0.25) is 0 Å². The van der Waals surface area contributed by atoms with E-state index in [0.717, 1.165) is 0 Å². The topological polar surface area (TPSA) is 94.4 Å². The van der Waals surface area contributed by atoms with E-state index in [0.29, 0.717) is 6.42 Å². The molecule has 0 heterocycles. The molecule has 132 valence electrons. The van der Waals surface area contributed by atoms with Crippen molar-refractivity contribution in [3.63, 3.8) is 0 Å². The Bertz CT molecular complexity index is 625. The van der Waals surface area contributed by atoms with Crippen LogP contribution in [0.2, 0.25) is 0 Å². The van der Waals surface area contributed by atoms with Gasteiger partial charge in [-0.3, -0.25) is 0 Å². The molecular formula is C15H18F3N3O3. The minimum absolute atomic E-state index is 0.0210. The normalized spacial score (nSPS) is 13.5. The van der Waals surface area contributed by atoms with Gasteiger partial charge in [0, 0.05) is 12.2 Å². The number of amides is 2. The van der Waals surface area contributed by atoms with E-state index in [9.17, 15) is 23.1 Å². The standard InChI is InChI=1S/C15H18F3N3O3/c1-3-14(2,23)8-20-13(22)21-11-4-5-12(10(6-11)7-19)24-9-15(16,17)18/h4-6,23H,3,8-9H2,1-2H3,(H2,20,21,22)/t14-/m1/s1. The summed E-state index contributed by atoms with van der Waals surface area (Å²) < 4.78 is 41.0. The van der Waals surface area contributed by atoms with Gasteiger partial charge in [-0.05, 0) is 31.5 Å². The van der Waals surface area contributed by atoms with Crippen LogP contribution in [0.25, 0.3) is 0 Å². The smallest absolute Gasteiger partial charge is 0.422 e. The molecule has 0 unspecified atom stereocenters. The molecule has 2 amide bonds. The van der Waals surface area contributed by atoms with Crippen molar-refractivity contribution in [2.24, 2.45) is 0 Å². The Labute approximate surface area is 137 Å². The molecule has 0 fully saturated rings. The number of carbonyl (C=O) groups excluding carboxylic acids is 1. The lowest BCUT2D eigenvalue weighted by Gasteiger charge is -2.21. The second kappa shape index (κ2) is 7.88. The Morgan fingerprint density at radius 1 is 1.42 bits per heavy atom. The maximum atomic E-state index is 12.1. The molecule has 0 spiro atoms. The fraction of sp³-hybridized carbons (Fsp3) is 0.467. The average molecular weight is 345 g/mol. The number of alkyl halides is 3. The molecule has 1 atom stereocenters. The van der Waals surface area contributed by atoms with Crippen molar-refractivity contribution in [2.45, 2.75) is 32.0 Å². The Morgan fingerprint density at radius 2 is 2.08 bits per heavy atom. The zero-order chi connectivity index (χ0) is 18.4. The number of aliphatic hydroxyl groups is 1. The number of hydrogen-bond acceptors (Lipinski definition) is 4. The molecule has 1 aromatic rings. The summed E-state index contributed by atoms with van der Waals surface area (Å²) in [5.41, 5.74) is -0.984. The van der Waals surface area contributed by atoms with Gasteiger partial charge in [0.25, 0.3) is 0 Å². The van der Waals surface area contributed by atoms with Gasteiger partial charge in [0.15, 0.2) is 6.61 Å². The molecule has 0 saturated carbocycles. The molecule has 0 aromatic heterocycles. The van der Waals surface area contributed by atoms with Crippen LogP contribution in [0.3, 0.4) is 0 Å². The first-order chi connectivity index (χ1) is 11.1. The average Bonchev–Trinajstić information content (AvgIpc) is 2.51. The van der Waals surface area contributed by atoms with E-state index in [2.05, 4.69) is 15.4 Å². The lowest BCUT2D eigenvalue weighted by atomic mass is 10.0. The molecule has 24 heavy (non-hydrogen) atoms. The minimum Gasteiger partial charge on any atom is -0.483 e. The molecule has 0 bridgehead atoms. The van der Waals surface area contributed by atoms with Gasteiger partial charge in [0.1, 0.15) is 11.8 Å². The first-order valence-corrected chi connectivity index (χ1v) is 7.07. The van der Waals surface area contributed by atoms with Gasteiger partial charge >= 0.3 is 12.2 Å². The molecule has 3 N–H and O–H groups in total. The molecular weight excluding hydrogens is 327 g/mol. The monoisotopic (exact) mass is 345 g/mol. The number of nitriles is 1. The van der Waals surface area contributed by atoms with Gasteiger partial charge in [-0.15, -0.1) is 0 Å². The van der Waals surface area contributed by atoms with Gasteiger partial charge in [0.05, 0.1) is 11.2 Å². The fourth-order valence-corrected chi connectivity index (χ4v) is 1.55. The van der Waals surface area contributed by atoms with Gasteiger partial charge < -0.3 is 20.5 Å². The SMILES string of the molecule is CC[C@@](C)(O)CNC(=O)Nc1ccc(OCC(F)(F)F)c(C#N)c1. The van der Waals surface area contributed by atoms with Crippen LogP contribution in [0, 0.1) is 11.3 Å². The second-order valence-corrected chi connectivity index (χ2v) is 5.38. The third-order valence-electron chi connectivity index (χ3n) is 3.14. The largest absolute Gasteiger partial charge is 0.483 e. The number of urea groups is 1. The summed E-state index contributed by atoms with van der Waals surface area (Å²) in [5.74, 6) is -0.227. The van der Waals surface area contributed by atoms with E-state index in [1.165, 1.54) is 18.2 Å². The van der Waals surface area contributed by atoms with Crippen molar-refractivity contribution in [1.29, 1.82) is 5.26 Å². The van der Waals surface area contributed by atoms with Gasteiger partial charge in [-0.2, -0.15) is 18.4 Å². The maximum absolute atomic E-state index is 12.1. The highest BCUT2D eigenvalue weighted by atomic mass is 19.4. The van der Waals surface area contributed by atoms with Crippen LogP contribution in [-0.4, -0.2) is 36.1 Å². The number of nitrogens with zero attached hydrogens (tertiary/aromatic N) is 1. The number of hydrogen-bond donors (Lipinski definition) is 3. The van der Waals surface area contributed by atoms with Crippen LogP contribution in [0.5, 0.6) is 5.75 Å². The molecule has 0 radical (unpaired) electrons. The van der Waals surface area contributed by atoms with Crippen LogP contribution < -0.4 is 15.4 Å². The first-order valence-electron chi connectivity index (χ1n) is 7.07. The van der Waals surface area contributed by atoms with Crippen LogP contribution >= 0.6 is 0 Å². The number of halogens is 3. The Morgan fingerprint density at radius 3 is 2.62 bits per heavy atom. The summed E-state index contributed by atoms with van der Waals surface area (Å²) in [6.07, 6.45) is -4.07. The molecule has 6 nitrogen and oxygen atoms in total. The van der Waals surface area contributed by atoms with Crippen LogP contribution in [0.1, 0.15) is 25.8 Å². The van der Waals surface area contributed by atoms with E-state index < -0.39 is 24.4 Å². The van der Waals surface area contributed by atoms with Gasteiger partial charge in [-0.25, -0.2) is 4.79 Å². The van der Waals surface area contributed by atoms with E-state index in [1.54, 1.807) is 19.9 Å². The summed E-state index contributed by atoms with van der Waals surface area (Å²) in [4.78, 5) is 11.7. The van der Waals surface area contributed by atoms with Crippen LogP contribution in [0.15, 0.2) is 18.2 Å². The van der Waals surface area contributed by atoms with Crippen LogP contribution in [0.4, 0.5) is 23.7 Å². The molecule has 0 aliphatic rings. The highest BCUT2D eigenvalue weighted by Crippen LogP contribution is 2.24. The Balaban J connectivity index is 2.71. The van der Waals surface area contributed by atoms with Crippen molar-refractivity contribution >= 4 is 11.7 Å². The molecule has 0 aliphatic heterocycles. The molecule has 0 saturated heterocycles. The lowest BCUT2D eigenvalue weighted by Crippen LogP contribution is -2.41. The van der Waals surface area contributed by atoms with E-state index in [1.807, 2.05) is 0 Å². The van der Waals surface area contributed by atoms with E-state index >= 15 is 0 Å². The number of ether oxygens (including phenoxy) is 1. The minimum atomic E-state index is -4.51. The highest BCUT2D eigenvalue weighted by molar-refractivity contribution is 5.89. The number of anilines is 1. The number of nitrogens with one attached hydrogen (secondary N) is 2. The van der Waals surface area contributed by atoms with E-state index in [4.69, 9.17) is 5.26 Å². The highest BCUT2D eigenvalue weighted by Gasteiger charge is 2.29. The molecule has 1 aromatic carbocycles. The third kappa shape index (κ3) is 6.75. The predicted octanol–water partition coefficient (Wildman–Crippen LogP) is 2.78. The lowest BCUT2D eigenvalue weighted by molar-refractivity contribution is -0.153. The van der Waals surface area contributed by atoms with Crippen molar-refractivity contribution in [1.82, 2.24) is 5.32 Å². The van der Waals surface area contributed by atoms with Gasteiger partial charge in [-0.1, -0.05) is 6.92 Å². The van der Waals surface area contributed by atoms with Crippen LogP contribution in [-0.2, 0) is 0 Å². The fourth-order valence-electron chi connectivity index (χ4n) is 1.55. The molecule has 1 rings (SSSR count).